The van der Waals surface area contributed by atoms with Crippen LogP contribution in [0.15, 0.2) is 18.2 Å². The molecule has 0 spiro atoms. The van der Waals surface area contributed by atoms with E-state index in [-0.39, 0.29) is 0 Å². The van der Waals surface area contributed by atoms with Crippen LogP contribution in [0.25, 0.3) is 11.0 Å². The Balaban J connectivity index is 2.13. The van der Waals surface area contributed by atoms with E-state index < -0.39 is 5.60 Å². The van der Waals surface area contributed by atoms with Gasteiger partial charge in [-0.2, -0.15) is 0 Å². The van der Waals surface area contributed by atoms with Crippen molar-refractivity contribution in [3.05, 3.63) is 18.2 Å². The van der Waals surface area contributed by atoms with E-state index in [0.717, 1.165) is 11.0 Å². The molecule has 0 atom stereocenters. The molecule has 0 saturated carbocycles. The van der Waals surface area contributed by atoms with E-state index in [1.165, 1.54) is 0 Å². The van der Waals surface area contributed by atoms with Gasteiger partial charge in [0.05, 0.1) is 16.6 Å². The summed E-state index contributed by atoms with van der Waals surface area (Å²) in [4.78, 5) is 7.54. The lowest BCUT2D eigenvalue weighted by Gasteiger charge is -2.25. The van der Waals surface area contributed by atoms with Crippen LogP contribution in [0, 0.1) is 0 Å². The summed E-state index contributed by atoms with van der Waals surface area (Å²) in [5.74, 6) is 0.663. The minimum atomic E-state index is -0.683. The molecule has 98 valence electrons. The zero-order chi connectivity index (χ0) is 13.2. The summed E-state index contributed by atoms with van der Waals surface area (Å²) < 4.78 is 0. The number of nitrogens with two attached hydrogens (primary N) is 1. The molecule has 1 aromatic heterocycles. The Bertz CT molecular complexity index is 531. The van der Waals surface area contributed by atoms with E-state index in [4.69, 9.17) is 5.73 Å². The number of aromatic nitrogens is 2. The van der Waals surface area contributed by atoms with Crippen molar-refractivity contribution in [2.75, 3.05) is 17.6 Å². The molecule has 5 nitrogen and oxygen atoms in total. The van der Waals surface area contributed by atoms with Gasteiger partial charge in [0.2, 0.25) is 5.95 Å². The zero-order valence-electron chi connectivity index (χ0n) is 10.8. The first-order valence-electron chi connectivity index (χ1n) is 6.28. The number of nitrogens with one attached hydrogen (secondary N) is 2. The average molecular weight is 248 g/mol. The molecule has 0 saturated heterocycles. The summed E-state index contributed by atoms with van der Waals surface area (Å²) in [5, 5.41) is 13.3. The van der Waals surface area contributed by atoms with Crippen molar-refractivity contribution in [3.63, 3.8) is 0 Å². The van der Waals surface area contributed by atoms with Crippen molar-refractivity contribution in [2.45, 2.75) is 32.3 Å². The fourth-order valence-corrected chi connectivity index (χ4v) is 1.86. The highest BCUT2D eigenvalue weighted by atomic mass is 16.3. The summed E-state index contributed by atoms with van der Waals surface area (Å²) in [7, 11) is 0. The van der Waals surface area contributed by atoms with Gasteiger partial charge >= 0.3 is 0 Å². The summed E-state index contributed by atoms with van der Waals surface area (Å²) in [6.07, 6.45) is 1.42. The molecule has 0 aliphatic rings. The van der Waals surface area contributed by atoms with Gasteiger partial charge in [-0.05, 0) is 31.0 Å². The third-order valence-electron chi connectivity index (χ3n) is 3.41. The number of H-pyrrole nitrogens is 1. The lowest BCUT2D eigenvalue weighted by molar-refractivity contribution is 0.0455. The fraction of sp³-hybridized carbons (Fsp3) is 0.462. The lowest BCUT2D eigenvalue weighted by Crippen LogP contribution is -2.35. The van der Waals surface area contributed by atoms with Crippen molar-refractivity contribution in [1.29, 1.82) is 0 Å². The third kappa shape index (κ3) is 2.56. The Kier molecular flexibility index (Phi) is 3.43. The van der Waals surface area contributed by atoms with E-state index in [9.17, 15) is 5.11 Å². The maximum absolute atomic E-state index is 10.2. The highest BCUT2D eigenvalue weighted by molar-refractivity contribution is 5.80. The second kappa shape index (κ2) is 4.86. The van der Waals surface area contributed by atoms with Crippen molar-refractivity contribution in [3.8, 4) is 0 Å². The highest BCUT2D eigenvalue weighted by Gasteiger charge is 2.22. The minimum absolute atomic E-state index is 0.481. The monoisotopic (exact) mass is 248 g/mol. The standard InChI is InChI=1S/C13H20N4O/c1-3-13(18,4-2)8-15-12-16-10-6-5-9(14)7-11(10)17-12/h5-7,18H,3-4,8,14H2,1-2H3,(H2,15,16,17). The summed E-state index contributed by atoms with van der Waals surface area (Å²) in [5.41, 5.74) is 7.49. The predicted molar refractivity (Wildman–Crippen MR) is 74.5 cm³/mol. The first-order valence-corrected chi connectivity index (χ1v) is 6.28. The Labute approximate surface area is 106 Å². The van der Waals surface area contributed by atoms with Crippen LogP contribution >= 0.6 is 0 Å². The Morgan fingerprint density at radius 3 is 2.78 bits per heavy atom. The molecule has 0 bridgehead atoms. The molecule has 1 aromatic carbocycles. The molecule has 0 aliphatic carbocycles. The maximum Gasteiger partial charge on any atom is 0.201 e. The Morgan fingerprint density at radius 1 is 1.39 bits per heavy atom. The molecule has 0 radical (unpaired) electrons. The highest BCUT2D eigenvalue weighted by Crippen LogP contribution is 2.19. The number of hydrogen-bond acceptors (Lipinski definition) is 4. The molecular formula is C13H20N4O. The maximum atomic E-state index is 10.2. The normalized spacial score (nSPS) is 11.9. The van der Waals surface area contributed by atoms with Gasteiger partial charge in [-0.3, -0.25) is 0 Å². The van der Waals surface area contributed by atoms with Crippen LogP contribution in [-0.2, 0) is 0 Å². The van der Waals surface area contributed by atoms with E-state index in [0.29, 0.717) is 31.0 Å². The third-order valence-corrected chi connectivity index (χ3v) is 3.41. The van der Waals surface area contributed by atoms with Crippen LogP contribution < -0.4 is 11.1 Å². The number of aliphatic hydroxyl groups is 1. The number of rotatable bonds is 5. The molecule has 0 aliphatic heterocycles. The van der Waals surface area contributed by atoms with Crippen LogP contribution in [-0.4, -0.2) is 27.2 Å². The molecule has 0 unspecified atom stereocenters. The van der Waals surface area contributed by atoms with Crippen LogP contribution in [0.1, 0.15) is 26.7 Å². The molecule has 2 aromatic rings. The molecule has 5 heteroatoms. The number of aromatic amines is 1. The van der Waals surface area contributed by atoms with Crippen molar-refractivity contribution in [2.24, 2.45) is 0 Å². The van der Waals surface area contributed by atoms with Crippen LogP contribution in [0.2, 0.25) is 0 Å². The number of anilines is 2. The summed E-state index contributed by atoms with van der Waals surface area (Å²) in [6, 6.07) is 5.54. The van der Waals surface area contributed by atoms with Gasteiger partial charge in [0, 0.05) is 12.2 Å². The summed E-state index contributed by atoms with van der Waals surface area (Å²) in [6.45, 7) is 4.43. The first kappa shape index (κ1) is 12.7. The number of imidazole rings is 1. The second-order valence-corrected chi connectivity index (χ2v) is 4.65. The Hall–Kier alpha value is -1.75. The first-order chi connectivity index (χ1) is 8.56. The second-order valence-electron chi connectivity index (χ2n) is 4.65. The molecule has 18 heavy (non-hydrogen) atoms. The molecule has 0 amide bonds. The molecule has 5 N–H and O–H groups in total. The number of hydrogen-bond donors (Lipinski definition) is 4. The largest absolute Gasteiger partial charge is 0.399 e. The van der Waals surface area contributed by atoms with E-state index in [1.54, 1.807) is 0 Å². The quantitative estimate of drug-likeness (QED) is 0.610. The molecule has 0 fully saturated rings. The van der Waals surface area contributed by atoms with Crippen LogP contribution in [0.3, 0.4) is 0 Å². The zero-order valence-corrected chi connectivity index (χ0v) is 10.8. The van der Waals surface area contributed by atoms with Gasteiger partial charge in [0.1, 0.15) is 0 Å². The van der Waals surface area contributed by atoms with Crippen molar-refractivity contribution < 1.29 is 5.11 Å². The number of nitrogen functional groups attached to an aromatic ring is 1. The van der Waals surface area contributed by atoms with Crippen LogP contribution in [0.4, 0.5) is 11.6 Å². The van der Waals surface area contributed by atoms with E-state index in [1.807, 2.05) is 32.0 Å². The topological polar surface area (TPSA) is 87.0 Å². The average Bonchev–Trinajstić information content (AvgIpc) is 2.78. The van der Waals surface area contributed by atoms with Crippen molar-refractivity contribution in [1.82, 2.24) is 9.97 Å². The predicted octanol–water partition coefficient (Wildman–Crippen LogP) is 2.11. The van der Waals surface area contributed by atoms with Gasteiger partial charge in [-0.1, -0.05) is 13.8 Å². The van der Waals surface area contributed by atoms with Crippen LogP contribution in [0.5, 0.6) is 0 Å². The van der Waals surface area contributed by atoms with Gasteiger partial charge in [-0.15, -0.1) is 0 Å². The summed E-state index contributed by atoms with van der Waals surface area (Å²) >= 11 is 0. The molecular weight excluding hydrogens is 228 g/mol. The smallest absolute Gasteiger partial charge is 0.201 e. The SMILES string of the molecule is CCC(O)(CC)CNc1nc2ccc(N)cc2[nH]1. The number of benzene rings is 1. The van der Waals surface area contributed by atoms with E-state index in [2.05, 4.69) is 15.3 Å². The number of fused-ring (bicyclic) bond motifs is 1. The van der Waals surface area contributed by atoms with Gasteiger partial charge < -0.3 is 21.1 Å². The molecule has 2 rings (SSSR count). The van der Waals surface area contributed by atoms with Gasteiger partial charge in [0.25, 0.3) is 0 Å². The number of nitrogens with zero attached hydrogens (tertiary/aromatic N) is 1. The minimum Gasteiger partial charge on any atom is -0.399 e. The van der Waals surface area contributed by atoms with Gasteiger partial charge in [-0.25, -0.2) is 4.98 Å². The Morgan fingerprint density at radius 2 is 2.11 bits per heavy atom. The van der Waals surface area contributed by atoms with E-state index >= 15 is 0 Å². The fourth-order valence-electron chi connectivity index (χ4n) is 1.86. The molecule has 1 heterocycles. The van der Waals surface area contributed by atoms with Gasteiger partial charge in [0.15, 0.2) is 0 Å². The lowest BCUT2D eigenvalue weighted by atomic mass is 9.98. The van der Waals surface area contributed by atoms with Crippen molar-refractivity contribution >= 4 is 22.7 Å².